The van der Waals surface area contributed by atoms with Crippen molar-refractivity contribution in [2.24, 2.45) is 5.41 Å². The zero-order chi connectivity index (χ0) is 12.0. The maximum Gasteiger partial charge on any atom is 0.165 e. The Morgan fingerprint density at radius 3 is 2.38 bits per heavy atom. The Morgan fingerprint density at radius 1 is 1.25 bits per heavy atom. The minimum atomic E-state index is -0.293. The first-order valence-corrected chi connectivity index (χ1v) is 6.73. The Labute approximate surface area is 105 Å². The van der Waals surface area contributed by atoms with E-state index in [9.17, 15) is 4.39 Å². The van der Waals surface area contributed by atoms with E-state index in [0.717, 1.165) is 18.2 Å². The van der Waals surface area contributed by atoms with Gasteiger partial charge in [-0.2, -0.15) is 0 Å². The largest absolute Gasteiger partial charge is 0.490 e. The summed E-state index contributed by atoms with van der Waals surface area (Å²) in [6, 6.07) is 6.54. The second-order valence-electron chi connectivity index (χ2n) is 4.06. The molecule has 0 aliphatic heterocycles. The fourth-order valence-electron chi connectivity index (χ4n) is 1.47. The van der Waals surface area contributed by atoms with Gasteiger partial charge in [0.15, 0.2) is 11.6 Å². The van der Waals surface area contributed by atoms with Gasteiger partial charge in [0.05, 0.1) is 6.61 Å². The molecule has 0 aromatic heterocycles. The molecular formula is C13H18BrFO. The zero-order valence-electron chi connectivity index (χ0n) is 9.80. The molecular weight excluding hydrogens is 271 g/mol. The predicted molar refractivity (Wildman–Crippen MR) is 68.7 cm³/mol. The van der Waals surface area contributed by atoms with Crippen LogP contribution < -0.4 is 4.74 Å². The summed E-state index contributed by atoms with van der Waals surface area (Å²) >= 11 is 3.51. The van der Waals surface area contributed by atoms with Gasteiger partial charge in [-0.05, 0) is 25.0 Å². The molecule has 0 spiro atoms. The smallest absolute Gasteiger partial charge is 0.165 e. The zero-order valence-corrected chi connectivity index (χ0v) is 11.4. The molecule has 0 heterocycles. The van der Waals surface area contributed by atoms with Crippen LogP contribution in [0.25, 0.3) is 0 Å². The molecule has 1 rings (SSSR count). The monoisotopic (exact) mass is 288 g/mol. The van der Waals surface area contributed by atoms with Gasteiger partial charge >= 0.3 is 0 Å². The highest BCUT2D eigenvalue weighted by atomic mass is 79.9. The summed E-state index contributed by atoms with van der Waals surface area (Å²) in [4.78, 5) is 0. The lowest BCUT2D eigenvalue weighted by Crippen LogP contribution is -2.29. The second-order valence-corrected chi connectivity index (χ2v) is 4.62. The van der Waals surface area contributed by atoms with Crippen LogP contribution in [-0.4, -0.2) is 11.9 Å². The van der Waals surface area contributed by atoms with E-state index in [-0.39, 0.29) is 11.2 Å². The van der Waals surface area contributed by atoms with Crippen LogP contribution in [0.15, 0.2) is 24.3 Å². The summed E-state index contributed by atoms with van der Waals surface area (Å²) in [5, 5.41) is 0.876. The van der Waals surface area contributed by atoms with Crippen LogP contribution in [0.4, 0.5) is 4.39 Å². The molecule has 3 heteroatoms. The number of halogens is 2. The van der Waals surface area contributed by atoms with Crippen LogP contribution >= 0.6 is 15.9 Å². The third-order valence-electron chi connectivity index (χ3n) is 3.15. The summed E-state index contributed by atoms with van der Waals surface area (Å²) in [6.45, 7) is 4.82. The Kier molecular flexibility index (Phi) is 5.26. The number of benzene rings is 1. The van der Waals surface area contributed by atoms with Crippen molar-refractivity contribution in [3.8, 4) is 5.75 Å². The standard InChI is InChI=1S/C13H18BrFO/c1-3-13(4-2,9-14)10-16-12-8-6-5-7-11(12)15/h5-8H,3-4,9-10H2,1-2H3. The van der Waals surface area contributed by atoms with Gasteiger partial charge in [-0.1, -0.05) is 41.9 Å². The highest BCUT2D eigenvalue weighted by Crippen LogP contribution is 2.30. The lowest BCUT2D eigenvalue weighted by atomic mass is 9.86. The molecule has 0 unspecified atom stereocenters. The quantitative estimate of drug-likeness (QED) is 0.705. The Morgan fingerprint density at radius 2 is 1.88 bits per heavy atom. The molecule has 1 aromatic carbocycles. The highest BCUT2D eigenvalue weighted by Gasteiger charge is 2.26. The van der Waals surface area contributed by atoms with E-state index in [0.29, 0.717) is 12.4 Å². The summed E-state index contributed by atoms with van der Waals surface area (Å²) < 4.78 is 18.9. The Hall–Kier alpha value is -0.570. The number of ether oxygens (including phenoxy) is 1. The summed E-state index contributed by atoms with van der Waals surface area (Å²) in [5.41, 5.74) is 0.0995. The molecule has 0 amide bonds. The van der Waals surface area contributed by atoms with Gasteiger partial charge in [-0.15, -0.1) is 0 Å². The fraction of sp³-hybridized carbons (Fsp3) is 0.538. The number of alkyl halides is 1. The van der Waals surface area contributed by atoms with E-state index < -0.39 is 0 Å². The van der Waals surface area contributed by atoms with Gasteiger partial charge in [-0.25, -0.2) is 4.39 Å². The molecule has 0 atom stereocenters. The SMILES string of the molecule is CCC(CC)(CBr)COc1ccccc1F. The van der Waals surface area contributed by atoms with Gasteiger partial charge < -0.3 is 4.74 Å². The maximum absolute atomic E-state index is 13.3. The first-order chi connectivity index (χ1) is 7.67. The van der Waals surface area contributed by atoms with Gasteiger partial charge in [0.2, 0.25) is 0 Å². The van der Waals surface area contributed by atoms with Crippen molar-refractivity contribution in [3.63, 3.8) is 0 Å². The van der Waals surface area contributed by atoms with Crippen LogP contribution in [0.5, 0.6) is 5.75 Å². The molecule has 0 bridgehead atoms. The summed E-state index contributed by atoms with van der Waals surface area (Å²) in [7, 11) is 0. The third-order valence-corrected chi connectivity index (χ3v) is 4.34. The normalized spacial score (nSPS) is 11.5. The van der Waals surface area contributed by atoms with Crippen LogP contribution in [-0.2, 0) is 0 Å². The van der Waals surface area contributed by atoms with Crippen molar-refractivity contribution >= 4 is 15.9 Å². The molecule has 0 aliphatic rings. The minimum absolute atomic E-state index is 0.0995. The molecule has 90 valence electrons. The van der Waals surface area contributed by atoms with Crippen molar-refractivity contribution in [2.45, 2.75) is 26.7 Å². The van der Waals surface area contributed by atoms with Crippen LogP contribution in [0.1, 0.15) is 26.7 Å². The predicted octanol–water partition coefficient (Wildman–Crippen LogP) is 4.41. The second kappa shape index (κ2) is 6.24. The van der Waals surface area contributed by atoms with Gasteiger partial charge in [0, 0.05) is 10.7 Å². The van der Waals surface area contributed by atoms with E-state index >= 15 is 0 Å². The van der Waals surface area contributed by atoms with Crippen molar-refractivity contribution in [2.75, 3.05) is 11.9 Å². The molecule has 1 nitrogen and oxygen atoms in total. The van der Waals surface area contributed by atoms with Crippen molar-refractivity contribution < 1.29 is 9.13 Å². The lowest BCUT2D eigenvalue weighted by molar-refractivity contribution is 0.153. The number of hydrogen-bond acceptors (Lipinski definition) is 1. The van der Waals surface area contributed by atoms with E-state index in [2.05, 4.69) is 29.8 Å². The summed E-state index contributed by atoms with van der Waals surface area (Å²) in [6.07, 6.45) is 2.03. The van der Waals surface area contributed by atoms with E-state index in [4.69, 9.17) is 4.74 Å². The third kappa shape index (κ3) is 3.21. The minimum Gasteiger partial charge on any atom is -0.490 e. The van der Waals surface area contributed by atoms with Crippen LogP contribution in [0.2, 0.25) is 0 Å². The Bertz CT molecular complexity index is 315. The molecule has 0 aliphatic carbocycles. The van der Waals surface area contributed by atoms with Gasteiger partial charge in [0.25, 0.3) is 0 Å². The highest BCUT2D eigenvalue weighted by molar-refractivity contribution is 9.09. The molecule has 0 saturated carbocycles. The lowest BCUT2D eigenvalue weighted by Gasteiger charge is -2.29. The van der Waals surface area contributed by atoms with Crippen molar-refractivity contribution in [3.05, 3.63) is 30.1 Å². The molecule has 16 heavy (non-hydrogen) atoms. The molecule has 0 fully saturated rings. The van der Waals surface area contributed by atoms with Crippen LogP contribution in [0.3, 0.4) is 0 Å². The maximum atomic E-state index is 13.3. The molecule has 1 aromatic rings. The van der Waals surface area contributed by atoms with Crippen LogP contribution in [0, 0.1) is 11.2 Å². The van der Waals surface area contributed by atoms with E-state index in [1.807, 2.05) is 0 Å². The number of hydrogen-bond donors (Lipinski definition) is 0. The van der Waals surface area contributed by atoms with E-state index in [1.165, 1.54) is 6.07 Å². The first kappa shape index (κ1) is 13.5. The van der Waals surface area contributed by atoms with Crippen molar-refractivity contribution in [1.82, 2.24) is 0 Å². The number of rotatable bonds is 6. The van der Waals surface area contributed by atoms with Crippen molar-refractivity contribution in [1.29, 1.82) is 0 Å². The molecule has 0 N–H and O–H groups in total. The average molecular weight is 289 g/mol. The first-order valence-electron chi connectivity index (χ1n) is 5.60. The van der Waals surface area contributed by atoms with Gasteiger partial charge in [-0.3, -0.25) is 0 Å². The molecule has 0 saturated heterocycles. The number of para-hydroxylation sites is 1. The topological polar surface area (TPSA) is 9.23 Å². The summed E-state index contributed by atoms with van der Waals surface area (Å²) in [5.74, 6) is 0.0490. The van der Waals surface area contributed by atoms with E-state index in [1.54, 1.807) is 18.2 Å². The average Bonchev–Trinajstić information content (AvgIpc) is 2.34. The molecule has 0 radical (unpaired) electrons. The van der Waals surface area contributed by atoms with Gasteiger partial charge in [0.1, 0.15) is 0 Å². The Balaban J connectivity index is 2.66. The fourth-order valence-corrected chi connectivity index (χ4v) is 2.43.